The number of rotatable bonds is 4. The van der Waals surface area contributed by atoms with Crippen LogP contribution in [0.25, 0.3) is 0 Å². The zero-order valence-electron chi connectivity index (χ0n) is 12.2. The number of hydrogen-bond donors (Lipinski definition) is 1. The molecule has 2 rings (SSSR count). The third-order valence-electron chi connectivity index (χ3n) is 3.38. The Hall–Kier alpha value is -1.09. The molecule has 100 valence electrons. The lowest BCUT2D eigenvalue weighted by Crippen LogP contribution is -2.35. The Labute approximate surface area is 111 Å². The van der Waals surface area contributed by atoms with Gasteiger partial charge in [-0.25, -0.2) is 0 Å². The lowest BCUT2D eigenvalue weighted by molar-refractivity contribution is 0.424. The van der Waals surface area contributed by atoms with Crippen molar-refractivity contribution >= 4 is 5.69 Å². The zero-order chi connectivity index (χ0) is 13.3. The summed E-state index contributed by atoms with van der Waals surface area (Å²) in [4.78, 5) is 6.85. The fourth-order valence-electron chi connectivity index (χ4n) is 2.06. The van der Waals surface area contributed by atoms with Crippen molar-refractivity contribution in [3.8, 4) is 0 Å². The van der Waals surface area contributed by atoms with Crippen LogP contribution in [0.3, 0.4) is 0 Å². The highest BCUT2D eigenvalue weighted by atomic mass is 15.2. The van der Waals surface area contributed by atoms with E-state index in [0.717, 1.165) is 18.3 Å². The van der Waals surface area contributed by atoms with E-state index < -0.39 is 0 Å². The van der Waals surface area contributed by atoms with Crippen molar-refractivity contribution in [1.29, 1.82) is 0 Å². The van der Waals surface area contributed by atoms with Crippen LogP contribution < -0.4 is 10.2 Å². The highest BCUT2D eigenvalue weighted by Gasteiger charge is 2.27. The SMILES string of the molecule is Cc1cc(N(C)C2CC2)c(CNC(C)(C)C)cn1. The predicted octanol–water partition coefficient (Wildman–Crippen LogP) is 2.88. The smallest absolute Gasteiger partial charge is 0.0445 e. The van der Waals surface area contributed by atoms with E-state index in [2.05, 4.69) is 56.0 Å². The van der Waals surface area contributed by atoms with Crippen molar-refractivity contribution in [2.45, 2.75) is 58.7 Å². The van der Waals surface area contributed by atoms with Crippen molar-refractivity contribution in [3.63, 3.8) is 0 Å². The van der Waals surface area contributed by atoms with Gasteiger partial charge in [0.15, 0.2) is 0 Å². The Bertz CT molecular complexity index is 416. The molecule has 0 atom stereocenters. The number of aryl methyl sites for hydroxylation is 1. The van der Waals surface area contributed by atoms with E-state index in [1.54, 1.807) is 0 Å². The van der Waals surface area contributed by atoms with Gasteiger partial charge in [0.25, 0.3) is 0 Å². The molecule has 18 heavy (non-hydrogen) atoms. The van der Waals surface area contributed by atoms with Gasteiger partial charge in [-0.3, -0.25) is 4.98 Å². The summed E-state index contributed by atoms with van der Waals surface area (Å²) in [5.74, 6) is 0. The zero-order valence-corrected chi connectivity index (χ0v) is 12.2. The minimum Gasteiger partial charge on any atom is -0.371 e. The molecule has 3 nitrogen and oxygen atoms in total. The minimum atomic E-state index is 0.139. The van der Waals surface area contributed by atoms with Crippen LogP contribution in [0.15, 0.2) is 12.3 Å². The molecule has 0 saturated heterocycles. The molecule has 0 radical (unpaired) electrons. The molecule has 0 spiro atoms. The van der Waals surface area contributed by atoms with Crippen LogP contribution in [-0.4, -0.2) is 23.6 Å². The van der Waals surface area contributed by atoms with Crippen molar-refractivity contribution < 1.29 is 0 Å². The molecule has 0 amide bonds. The summed E-state index contributed by atoms with van der Waals surface area (Å²) in [6.45, 7) is 9.52. The van der Waals surface area contributed by atoms with Crippen molar-refractivity contribution in [2.24, 2.45) is 0 Å². The number of pyridine rings is 1. The van der Waals surface area contributed by atoms with E-state index in [-0.39, 0.29) is 5.54 Å². The maximum Gasteiger partial charge on any atom is 0.0445 e. The summed E-state index contributed by atoms with van der Waals surface area (Å²) in [6, 6.07) is 2.94. The monoisotopic (exact) mass is 247 g/mol. The molecule has 0 aliphatic heterocycles. The summed E-state index contributed by atoms with van der Waals surface area (Å²) in [7, 11) is 2.20. The predicted molar refractivity (Wildman–Crippen MR) is 77.0 cm³/mol. The summed E-state index contributed by atoms with van der Waals surface area (Å²) in [5, 5.41) is 3.55. The fraction of sp³-hybridized carbons (Fsp3) is 0.667. The van der Waals surface area contributed by atoms with Crippen LogP contribution in [0.4, 0.5) is 5.69 Å². The molecule has 1 heterocycles. The van der Waals surface area contributed by atoms with Crippen LogP contribution in [-0.2, 0) is 6.54 Å². The van der Waals surface area contributed by atoms with Crippen LogP contribution in [0.1, 0.15) is 44.9 Å². The van der Waals surface area contributed by atoms with Gasteiger partial charge in [-0.05, 0) is 46.6 Å². The van der Waals surface area contributed by atoms with Gasteiger partial charge in [0.1, 0.15) is 0 Å². The summed E-state index contributed by atoms with van der Waals surface area (Å²) >= 11 is 0. The molecule has 1 saturated carbocycles. The molecule has 0 bridgehead atoms. The van der Waals surface area contributed by atoms with Crippen LogP contribution in [0, 0.1) is 6.92 Å². The van der Waals surface area contributed by atoms with Gasteiger partial charge in [-0.1, -0.05) is 0 Å². The van der Waals surface area contributed by atoms with E-state index in [4.69, 9.17) is 0 Å². The Morgan fingerprint density at radius 1 is 1.39 bits per heavy atom. The lowest BCUT2D eigenvalue weighted by Gasteiger charge is -2.25. The van der Waals surface area contributed by atoms with Gasteiger partial charge in [0, 0.05) is 48.3 Å². The molecular formula is C15H25N3. The Morgan fingerprint density at radius 2 is 2.06 bits per heavy atom. The summed E-state index contributed by atoms with van der Waals surface area (Å²) in [6.07, 6.45) is 4.66. The Morgan fingerprint density at radius 3 is 2.61 bits per heavy atom. The molecule has 1 fully saturated rings. The quantitative estimate of drug-likeness (QED) is 0.886. The second kappa shape index (κ2) is 4.88. The molecular weight excluding hydrogens is 222 g/mol. The summed E-state index contributed by atoms with van der Waals surface area (Å²) < 4.78 is 0. The van der Waals surface area contributed by atoms with Crippen molar-refractivity contribution in [3.05, 3.63) is 23.5 Å². The first kappa shape index (κ1) is 13.3. The largest absolute Gasteiger partial charge is 0.371 e. The lowest BCUT2D eigenvalue weighted by atomic mass is 10.1. The average Bonchev–Trinajstić information content (AvgIpc) is 3.09. The molecule has 1 aliphatic carbocycles. The second-order valence-electron chi connectivity index (χ2n) is 6.40. The fourth-order valence-corrected chi connectivity index (χ4v) is 2.06. The Balaban J connectivity index is 2.17. The third-order valence-corrected chi connectivity index (χ3v) is 3.38. The number of aromatic nitrogens is 1. The van der Waals surface area contributed by atoms with E-state index >= 15 is 0 Å². The van der Waals surface area contributed by atoms with Crippen molar-refractivity contribution in [1.82, 2.24) is 10.3 Å². The van der Waals surface area contributed by atoms with Crippen LogP contribution >= 0.6 is 0 Å². The van der Waals surface area contributed by atoms with E-state index in [9.17, 15) is 0 Å². The first-order chi connectivity index (χ1) is 8.37. The van der Waals surface area contributed by atoms with Gasteiger partial charge >= 0.3 is 0 Å². The highest BCUT2D eigenvalue weighted by Crippen LogP contribution is 2.32. The molecule has 3 heteroatoms. The first-order valence-electron chi connectivity index (χ1n) is 6.80. The highest BCUT2D eigenvalue weighted by molar-refractivity contribution is 5.54. The molecule has 1 aromatic rings. The van der Waals surface area contributed by atoms with E-state index in [0.29, 0.717) is 0 Å². The van der Waals surface area contributed by atoms with Gasteiger partial charge < -0.3 is 10.2 Å². The molecule has 1 N–H and O–H groups in total. The van der Waals surface area contributed by atoms with Gasteiger partial charge in [-0.2, -0.15) is 0 Å². The van der Waals surface area contributed by atoms with Gasteiger partial charge in [0.05, 0.1) is 0 Å². The van der Waals surface area contributed by atoms with E-state index in [1.165, 1.54) is 24.1 Å². The van der Waals surface area contributed by atoms with Crippen LogP contribution in [0.2, 0.25) is 0 Å². The number of hydrogen-bond acceptors (Lipinski definition) is 3. The normalized spacial score (nSPS) is 15.8. The summed E-state index contributed by atoms with van der Waals surface area (Å²) in [5.41, 5.74) is 3.86. The molecule has 1 aromatic heterocycles. The second-order valence-corrected chi connectivity index (χ2v) is 6.40. The average molecular weight is 247 g/mol. The maximum absolute atomic E-state index is 4.44. The minimum absolute atomic E-state index is 0.139. The number of anilines is 1. The third kappa shape index (κ3) is 3.45. The van der Waals surface area contributed by atoms with Crippen molar-refractivity contribution in [2.75, 3.05) is 11.9 Å². The first-order valence-corrected chi connectivity index (χ1v) is 6.80. The van der Waals surface area contributed by atoms with Gasteiger partial charge in [-0.15, -0.1) is 0 Å². The number of nitrogens with zero attached hydrogens (tertiary/aromatic N) is 2. The number of nitrogens with one attached hydrogen (secondary N) is 1. The van der Waals surface area contributed by atoms with Gasteiger partial charge in [0.2, 0.25) is 0 Å². The maximum atomic E-state index is 4.44. The molecule has 1 aliphatic rings. The topological polar surface area (TPSA) is 28.2 Å². The molecule has 0 unspecified atom stereocenters. The van der Waals surface area contributed by atoms with Crippen LogP contribution in [0.5, 0.6) is 0 Å². The van der Waals surface area contributed by atoms with E-state index in [1.807, 2.05) is 6.20 Å². The standard InChI is InChI=1S/C15H25N3/c1-11-8-14(18(5)13-6-7-13)12(9-16-11)10-17-15(2,3)4/h8-9,13,17H,6-7,10H2,1-5H3. The Kier molecular flexibility index (Phi) is 3.62. The molecule has 0 aromatic carbocycles.